The van der Waals surface area contributed by atoms with Crippen LogP contribution in [0.5, 0.6) is 5.75 Å². The molecule has 1 aromatic carbocycles. The van der Waals surface area contributed by atoms with E-state index in [1.165, 1.54) is 17.0 Å². The van der Waals surface area contributed by atoms with Crippen molar-refractivity contribution in [2.45, 2.75) is 76.5 Å². The van der Waals surface area contributed by atoms with E-state index in [-0.39, 0.29) is 30.4 Å². The zero-order valence-corrected chi connectivity index (χ0v) is 21.0. The number of nitrogens with two attached hydrogens (primary N) is 2. The number of nitrogens with zero attached hydrogens (tertiary/aromatic N) is 1. The minimum atomic E-state index is -1.15. The second-order valence-electron chi connectivity index (χ2n) is 9.58. The molecule has 0 saturated carbocycles. The van der Waals surface area contributed by atoms with Crippen LogP contribution in [-0.2, 0) is 25.6 Å². The van der Waals surface area contributed by atoms with Gasteiger partial charge in [-0.25, -0.2) is 4.79 Å². The van der Waals surface area contributed by atoms with Crippen molar-refractivity contribution in [3.63, 3.8) is 0 Å². The van der Waals surface area contributed by atoms with Crippen LogP contribution >= 0.6 is 0 Å². The molecule has 1 aliphatic rings. The smallest absolute Gasteiger partial charge is 0.326 e. The van der Waals surface area contributed by atoms with Crippen molar-refractivity contribution in [2.24, 2.45) is 17.4 Å². The van der Waals surface area contributed by atoms with Gasteiger partial charge in [-0.1, -0.05) is 26.0 Å². The molecule has 0 aliphatic carbocycles. The normalized spacial score (nSPS) is 17.9. The van der Waals surface area contributed by atoms with Gasteiger partial charge >= 0.3 is 5.97 Å². The zero-order valence-electron chi connectivity index (χ0n) is 21.0. The third-order valence-electron chi connectivity index (χ3n) is 6.36. The number of phenolic OH excluding ortho intramolecular Hbond substituents is 1. The standard InChI is InChI=1S/C25H39N5O6/c1-15(2)21(23(33)28-19(25(35)36)6-3-4-12-26)29-22(32)20-7-5-13-30(20)24(34)18(27)14-16-8-10-17(31)11-9-16/h8-11,15,18-21,31H,3-7,12-14,26-27H2,1-2H3,(H,28,33)(H,29,32)(H,35,36). The molecule has 1 aromatic rings. The Bertz CT molecular complexity index is 907. The van der Waals surface area contributed by atoms with Gasteiger partial charge in [0.1, 0.15) is 23.9 Å². The molecule has 1 heterocycles. The Kier molecular flexibility index (Phi) is 11.1. The Hall–Kier alpha value is -3.18. The van der Waals surface area contributed by atoms with Crippen molar-refractivity contribution in [3.05, 3.63) is 29.8 Å². The fraction of sp³-hybridized carbons (Fsp3) is 0.600. The third kappa shape index (κ3) is 8.20. The summed E-state index contributed by atoms with van der Waals surface area (Å²) in [6.07, 6.45) is 2.74. The van der Waals surface area contributed by atoms with E-state index in [1.54, 1.807) is 26.0 Å². The van der Waals surface area contributed by atoms with Crippen molar-refractivity contribution in [3.8, 4) is 5.75 Å². The fourth-order valence-corrected chi connectivity index (χ4v) is 4.29. The number of hydrogen-bond donors (Lipinski definition) is 6. The number of carbonyl (C=O) groups excluding carboxylic acids is 3. The lowest BCUT2D eigenvalue weighted by molar-refractivity contribution is -0.143. The molecule has 1 aliphatic heterocycles. The molecule has 8 N–H and O–H groups in total. The molecule has 36 heavy (non-hydrogen) atoms. The first-order chi connectivity index (χ1) is 17.0. The number of likely N-dealkylation sites (tertiary alicyclic amines) is 1. The lowest BCUT2D eigenvalue weighted by atomic mass is 10.0. The molecule has 2 rings (SSSR count). The summed E-state index contributed by atoms with van der Waals surface area (Å²) in [5.74, 6) is -2.76. The van der Waals surface area contributed by atoms with Crippen LogP contribution in [0.3, 0.4) is 0 Å². The summed E-state index contributed by atoms with van der Waals surface area (Å²) < 4.78 is 0. The highest BCUT2D eigenvalue weighted by atomic mass is 16.4. The second kappa shape index (κ2) is 13.8. The van der Waals surface area contributed by atoms with Crippen LogP contribution in [0.15, 0.2) is 24.3 Å². The lowest BCUT2D eigenvalue weighted by Crippen LogP contribution is -2.58. The number of hydrogen-bond acceptors (Lipinski definition) is 7. The Morgan fingerprint density at radius 2 is 1.78 bits per heavy atom. The monoisotopic (exact) mass is 505 g/mol. The average Bonchev–Trinajstić information content (AvgIpc) is 3.32. The van der Waals surface area contributed by atoms with Gasteiger partial charge in [-0.3, -0.25) is 14.4 Å². The van der Waals surface area contributed by atoms with E-state index in [4.69, 9.17) is 11.5 Å². The molecule has 0 spiro atoms. The highest BCUT2D eigenvalue weighted by molar-refractivity contribution is 5.94. The maximum absolute atomic E-state index is 13.1. The summed E-state index contributed by atoms with van der Waals surface area (Å²) in [7, 11) is 0. The van der Waals surface area contributed by atoms with Crippen molar-refractivity contribution in [2.75, 3.05) is 13.1 Å². The number of carboxylic acids is 1. The highest BCUT2D eigenvalue weighted by Crippen LogP contribution is 2.20. The summed E-state index contributed by atoms with van der Waals surface area (Å²) in [6, 6.07) is 2.73. The van der Waals surface area contributed by atoms with Crippen LogP contribution in [0.25, 0.3) is 0 Å². The van der Waals surface area contributed by atoms with Crippen LogP contribution in [0.2, 0.25) is 0 Å². The first-order valence-corrected chi connectivity index (χ1v) is 12.4. The fourth-order valence-electron chi connectivity index (χ4n) is 4.29. The molecule has 0 radical (unpaired) electrons. The van der Waals surface area contributed by atoms with Crippen LogP contribution in [-0.4, -0.2) is 76.1 Å². The number of aromatic hydroxyl groups is 1. The number of carboxylic acid groups (broad SMARTS) is 1. The Balaban J connectivity index is 2.03. The van der Waals surface area contributed by atoms with Crippen LogP contribution < -0.4 is 22.1 Å². The van der Waals surface area contributed by atoms with Crippen LogP contribution in [0.1, 0.15) is 51.5 Å². The molecule has 1 saturated heterocycles. The van der Waals surface area contributed by atoms with Crippen molar-refractivity contribution in [1.82, 2.24) is 15.5 Å². The van der Waals surface area contributed by atoms with Crippen molar-refractivity contribution in [1.29, 1.82) is 0 Å². The summed E-state index contributed by atoms with van der Waals surface area (Å²) >= 11 is 0. The van der Waals surface area contributed by atoms with E-state index in [0.29, 0.717) is 38.8 Å². The molecule has 11 heteroatoms. The SMILES string of the molecule is CC(C)C(NC(=O)C1CCCN1C(=O)C(N)Cc1ccc(O)cc1)C(=O)NC(CCCCN)C(=O)O. The number of phenols is 1. The maximum Gasteiger partial charge on any atom is 0.326 e. The van der Waals surface area contributed by atoms with E-state index in [0.717, 1.165) is 5.56 Å². The summed E-state index contributed by atoms with van der Waals surface area (Å²) in [5.41, 5.74) is 12.4. The van der Waals surface area contributed by atoms with Gasteiger partial charge in [-0.15, -0.1) is 0 Å². The molecular weight excluding hydrogens is 466 g/mol. The predicted molar refractivity (Wildman–Crippen MR) is 134 cm³/mol. The molecule has 3 amide bonds. The summed E-state index contributed by atoms with van der Waals surface area (Å²) in [5, 5.41) is 24.1. The van der Waals surface area contributed by atoms with E-state index in [1.807, 2.05) is 0 Å². The molecular formula is C25H39N5O6. The number of amides is 3. The van der Waals surface area contributed by atoms with Gasteiger partial charge in [0, 0.05) is 6.54 Å². The predicted octanol–water partition coefficient (Wildman–Crippen LogP) is 0.0922. The van der Waals surface area contributed by atoms with Gasteiger partial charge in [-0.2, -0.15) is 0 Å². The van der Waals surface area contributed by atoms with E-state index in [2.05, 4.69) is 10.6 Å². The first-order valence-electron chi connectivity index (χ1n) is 12.4. The summed E-state index contributed by atoms with van der Waals surface area (Å²) in [6.45, 7) is 4.31. The van der Waals surface area contributed by atoms with Crippen molar-refractivity contribution >= 4 is 23.7 Å². The Morgan fingerprint density at radius 1 is 1.11 bits per heavy atom. The number of benzene rings is 1. The molecule has 1 fully saturated rings. The molecule has 4 atom stereocenters. The van der Waals surface area contributed by atoms with Gasteiger partial charge in [0.05, 0.1) is 6.04 Å². The number of unbranched alkanes of at least 4 members (excludes halogenated alkanes) is 1. The highest BCUT2D eigenvalue weighted by Gasteiger charge is 2.38. The van der Waals surface area contributed by atoms with Gasteiger partial charge in [0.25, 0.3) is 0 Å². The molecule has 200 valence electrons. The van der Waals surface area contributed by atoms with Gasteiger partial charge in [0.15, 0.2) is 0 Å². The van der Waals surface area contributed by atoms with Gasteiger partial charge in [-0.05, 0) is 68.7 Å². The molecule has 0 aromatic heterocycles. The second-order valence-corrected chi connectivity index (χ2v) is 9.58. The van der Waals surface area contributed by atoms with Crippen LogP contribution in [0, 0.1) is 5.92 Å². The number of carbonyl (C=O) groups is 4. The first kappa shape index (κ1) is 29.1. The lowest BCUT2D eigenvalue weighted by Gasteiger charge is -2.29. The van der Waals surface area contributed by atoms with E-state index in [9.17, 15) is 29.4 Å². The summed E-state index contributed by atoms with van der Waals surface area (Å²) in [4.78, 5) is 52.1. The maximum atomic E-state index is 13.1. The molecule has 11 nitrogen and oxygen atoms in total. The quantitative estimate of drug-likeness (QED) is 0.203. The largest absolute Gasteiger partial charge is 0.508 e. The average molecular weight is 506 g/mol. The topological polar surface area (TPSA) is 188 Å². The van der Waals surface area contributed by atoms with E-state index < -0.39 is 42.0 Å². The minimum Gasteiger partial charge on any atom is -0.508 e. The number of nitrogens with one attached hydrogen (secondary N) is 2. The number of rotatable bonds is 13. The van der Waals surface area contributed by atoms with Crippen molar-refractivity contribution < 1.29 is 29.4 Å². The number of aliphatic carboxylic acids is 1. The molecule has 0 bridgehead atoms. The Morgan fingerprint density at radius 3 is 2.36 bits per heavy atom. The third-order valence-corrected chi connectivity index (χ3v) is 6.36. The Labute approximate surface area is 211 Å². The van der Waals surface area contributed by atoms with Crippen LogP contribution in [0.4, 0.5) is 0 Å². The zero-order chi connectivity index (χ0) is 26.8. The molecule has 4 unspecified atom stereocenters. The van der Waals surface area contributed by atoms with Gasteiger partial charge < -0.3 is 37.2 Å². The van der Waals surface area contributed by atoms with Gasteiger partial charge in [0.2, 0.25) is 17.7 Å². The van der Waals surface area contributed by atoms with E-state index >= 15 is 0 Å². The minimum absolute atomic E-state index is 0.115.